The monoisotopic (exact) mass is 227 g/mol. The smallest absolute Gasteiger partial charge is 0.0737 e. The number of hydrogen-bond acceptors (Lipinski definition) is 2. The SMILES string of the molecule is Cc1ccc(-c2ncccc2CCO)c(C)c1. The van der Waals surface area contributed by atoms with Gasteiger partial charge in [0.15, 0.2) is 0 Å². The molecule has 0 fully saturated rings. The molecule has 0 bridgehead atoms. The van der Waals surface area contributed by atoms with Crippen LogP contribution in [0.3, 0.4) is 0 Å². The van der Waals surface area contributed by atoms with E-state index >= 15 is 0 Å². The molecule has 2 rings (SSSR count). The first-order chi connectivity index (χ1) is 8.22. The Morgan fingerprint density at radius 1 is 1.18 bits per heavy atom. The van der Waals surface area contributed by atoms with Crippen LogP contribution in [0.1, 0.15) is 16.7 Å². The second-order valence-electron chi connectivity index (χ2n) is 4.30. The zero-order valence-electron chi connectivity index (χ0n) is 10.3. The Balaban J connectivity index is 2.52. The molecule has 0 unspecified atom stereocenters. The van der Waals surface area contributed by atoms with E-state index in [2.05, 4.69) is 37.0 Å². The number of aliphatic hydroxyl groups is 1. The first kappa shape index (κ1) is 11.8. The van der Waals surface area contributed by atoms with E-state index in [1.807, 2.05) is 12.1 Å². The van der Waals surface area contributed by atoms with Gasteiger partial charge in [0.05, 0.1) is 5.69 Å². The lowest BCUT2D eigenvalue weighted by molar-refractivity contribution is 0.299. The minimum atomic E-state index is 0.156. The van der Waals surface area contributed by atoms with Crippen LogP contribution in [0.4, 0.5) is 0 Å². The molecule has 0 aliphatic rings. The second kappa shape index (κ2) is 5.11. The van der Waals surface area contributed by atoms with Gasteiger partial charge in [-0.05, 0) is 37.5 Å². The van der Waals surface area contributed by atoms with Crippen LogP contribution in [0, 0.1) is 13.8 Å². The van der Waals surface area contributed by atoms with Crippen LogP contribution >= 0.6 is 0 Å². The number of nitrogens with zero attached hydrogens (tertiary/aromatic N) is 1. The molecule has 0 spiro atoms. The molecule has 2 heteroatoms. The predicted molar refractivity (Wildman–Crippen MR) is 69.9 cm³/mol. The Morgan fingerprint density at radius 2 is 2.00 bits per heavy atom. The Labute approximate surface area is 102 Å². The quantitative estimate of drug-likeness (QED) is 0.874. The molecule has 1 N–H and O–H groups in total. The van der Waals surface area contributed by atoms with Crippen molar-refractivity contribution in [2.45, 2.75) is 20.3 Å². The van der Waals surface area contributed by atoms with Crippen LogP contribution in [0.5, 0.6) is 0 Å². The molecule has 17 heavy (non-hydrogen) atoms. The average molecular weight is 227 g/mol. The van der Waals surface area contributed by atoms with Crippen molar-refractivity contribution >= 4 is 0 Å². The zero-order valence-corrected chi connectivity index (χ0v) is 10.3. The fraction of sp³-hybridized carbons (Fsp3) is 0.267. The number of aromatic nitrogens is 1. The van der Waals surface area contributed by atoms with Gasteiger partial charge in [-0.1, -0.05) is 29.8 Å². The van der Waals surface area contributed by atoms with Gasteiger partial charge in [0, 0.05) is 18.4 Å². The molecular formula is C15H17NO. The summed E-state index contributed by atoms with van der Waals surface area (Å²) in [5, 5.41) is 9.08. The number of aliphatic hydroxyl groups excluding tert-OH is 1. The lowest BCUT2D eigenvalue weighted by atomic mass is 9.98. The van der Waals surface area contributed by atoms with Crippen molar-refractivity contribution in [1.82, 2.24) is 4.98 Å². The Kier molecular flexibility index (Phi) is 3.55. The van der Waals surface area contributed by atoms with Gasteiger partial charge in [0.2, 0.25) is 0 Å². The maximum Gasteiger partial charge on any atom is 0.0737 e. The summed E-state index contributed by atoms with van der Waals surface area (Å²) in [7, 11) is 0. The lowest BCUT2D eigenvalue weighted by Gasteiger charge is -2.10. The first-order valence-corrected chi connectivity index (χ1v) is 5.84. The third-order valence-electron chi connectivity index (χ3n) is 2.91. The summed E-state index contributed by atoms with van der Waals surface area (Å²) < 4.78 is 0. The third-order valence-corrected chi connectivity index (χ3v) is 2.91. The molecule has 1 aromatic heterocycles. The van der Waals surface area contributed by atoms with Crippen LogP contribution in [-0.4, -0.2) is 16.7 Å². The fourth-order valence-electron chi connectivity index (χ4n) is 2.08. The van der Waals surface area contributed by atoms with Gasteiger partial charge in [0.25, 0.3) is 0 Å². The number of rotatable bonds is 3. The fourth-order valence-corrected chi connectivity index (χ4v) is 2.08. The predicted octanol–water partition coefficient (Wildman–Crippen LogP) is 2.90. The maximum absolute atomic E-state index is 9.08. The van der Waals surface area contributed by atoms with Crippen LogP contribution in [0.15, 0.2) is 36.5 Å². The summed E-state index contributed by atoms with van der Waals surface area (Å²) >= 11 is 0. The van der Waals surface area contributed by atoms with Crippen molar-refractivity contribution in [2.75, 3.05) is 6.61 Å². The summed E-state index contributed by atoms with van der Waals surface area (Å²) in [5.41, 5.74) is 5.72. The summed E-state index contributed by atoms with van der Waals surface area (Å²) in [4.78, 5) is 4.45. The van der Waals surface area contributed by atoms with E-state index in [0.29, 0.717) is 6.42 Å². The number of aryl methyl sites for hydroxylation is 2. The molecule has 0 aliphatic carbocycles. The summed E-state index contributed by atoms with van der Waals surface area (Å²) in [6, 6.07) is 10.3. The van der Waals surface area contributed by atoms with Crippen LogP contribution in [-0.2, 0) is 6.42 Å². The highest BCUT2D eigenvalue weighted by molar-refractivity contribution is 5.67. The van der Waals surface area contributed by atoms with Gasteiger partial charge >= 0.3 is 0 Å². The van der Waals surface area contributed by atoms with Crippen LogP contribution in [0.2, 0.25) is 0 Å². The molecule has 0 saturated carbocycles. The molecule has 88 valence electrons. The zero-order chi connectivity index (χ0) is 12.3. The van der Waals surface area contributed by atoms with Gasteiger partial charge in [-0.3, -0.25) is 4.98 Å². The number of pyridine rings is 1. The molecule has 0 amide bonds. The standard InChI is InChI=1S/C15H17NO/c1-11-5-6-14(12(2)10-11)15-13(7-9-17)4-3-8-16-15/h3-6,8,10,17H,7,9H2,1-2H3. The van der Waals surface area contributed by atoms with E-state index < -0.39 is 0 Å². The molecule has 2 aromatic rings. The minimum Gasteiger partial charge on any atom is -0.396 e. The van der Waals surface area contributed by atoms with Gasteiger partial charge in [-0.2, -0.15) is 0 Å². The van der Waals surface area contributed by atoms with E-state index in [-0.39, 0.29) is 6.61 Å². The highest BCUT2D eigenvalue weighted by Gasteiger charge is 2.08. The molecular weight excluding hydrogens is 210 g/mol. The first-order valence-electron chi connectivity index (χ1n) is 5.84. The Hall–Kier alpha value is -1.67. The van der Waals surface area contributed by atoms with E-state index in [9.17, 15) is 0 Å². The molecule has 1 aromatic carbocycles. The molecule has 0 radical (unpaired) electrons. The highest BCUT2D eigenvalue weighted by atomic mass is 16.2. The summed E-state index contributed by atoms with van der Waals surface area (Å²) in [6.45, 7) is 4.34. The number of benzene rings is 1. The van der Waals surface area contributed by atoms with E-state index in [4.69, 9.17) is 5.11 Å². The molecule has 0 atom stereocenters. The second-order valence-corrected chi connectivity index (χ2v) is 4.30. The van der Waals surface area contributed by atoms with Gasteiger partial charge in [0.1, 0.15) is 0 Å². The Bertz CT molecular complexity index is 520. The van der Waals surface area contributed by atoms with Gasteiger partial charge < -0.3 is 5.11 Å². The van der Waals surface area contributed by atoms with E-state index in [0.717, 1.165) is 16.8 Å². The summed E-state index contributed by atoms with van der Waals surface area (Å²) in [6.07, 6.45) is 2.45. The molecule has 2 nitrogen and oxygen atoms in total. The normalized spacial score (nSPS) is 10.5. The highest BCUT2D eigenvalue weighted by Crippen LogP contribution is 2.25. The van der Waals surface area contributed by atoms with Crippen LogP contribution < -0.4 is 0 Å². The van der Waals surface area contributed by atoms with Crippen molar-refractivity contribution in [3.05, 3.63) is 53.2 Å². The van der Waals surface area contributed by atoms with Crippen LogP contribution in [0.25, 0.3) is 11.3 Å². The van der Waals surface area contributed by atoms with Crippen molar-refractivity contribution in [1.29, 1.82) is 0 Å². The van der Waals surface area contributed by atoms with Gasteiger partial charge in [-0.15, -0.1) is 0 Å². The van der Waals surface area contributed by atoms with Crippen molar-refractivity contribution in [3.8, 4) is 11.3 Å². The average Bonchev–Trinajstić information content (AvgIpc) is 2.31. The topological polar surface area (TPSA) is 33.1 Å². The van der Waals surface area contributed by atoms with Crippen molar-refractivity contribution < 1.29 is 5.11 Å². The van der Waals surface area contributed by atoms with Crippen molar-refractivity contribution in [2.24, 2.45) is 0 Å². The Morgan fingerprint density at radius 3 is 2.71 bits per heavy atom. The third kappa shape index (κ3) is 2.53. The largest absolute Gasteiger partial charge is 0.396 e. The van der Waals surface area contributed by atoms with E-state index in [1.54, 1.807) is 6.20 Å². The van der Waals surface area contributed by atoms with Gasteiger partial charge in [-0.25, -0.2) is 0 Å². The minimum absolute atomic E-state index is 0.156. The van der Waals surface area contributed by atoms with E-state index in [1.165, 1.54) is 11.1 Å². The number of hydrogen-bond donors (Lipinski definition) is 1. The maximum atomic E-state index is 9.08. The molecule has 0 saturated heterocycles. The molecule has 0 aliphatic heterocycles. The van der Waals surface area contributed by atoms with Crippen molar-refractivity contribution in [3.63, 3.8) is 0 Å². The lowest BCUT2D eigenvalue weighted by Crippen LogP contribution is -1.97. The molecule has 1 heterocycles. The summed E-state index contributed by atoms with van der Waals surface area (Å²) in [5.74, 6) is 0.